The molecule has 4 nitrogen and oxygen atoms in total. The molecule has 3 N–H and O–H groups in total. The molecule has 1 aliphatic rings. The van der Waals surface area contributed by atoms with E-state index in [9.17, 15) is 4.79 Å². The van der Waals surface area contributed by atoms with E-state index in [2.05, 4.69) is 0 Å². The number of ether oxygens (including phenoxy) is 1. The van der Waals surface area contributed by atoms with Gasteiger partial charge in [-0.2, -0.15) is 0 Å². The smallest absolute Gasteiger partial charge is 0.326 e. The molecule has 2 unspecified atom stereocenters. The van der Waals surface area contributed by atoms with E-state index in [0.29, 0.717) is 13.0 Å². The fraction of sp³-hybridized carbons (Fsp3) is 0.417. The molecule has 1 saturated carbocycles. The molecule has 0 amide bonds. The monoisotopic (exact) mass is 221 g/mol. The van der Waals surface area contributed by atoms with Crippen molar-refractivity contribution >= 4 is 5.97 Å². The Balaban J connectivity index is 2.10. The molecule has 0 aromatic heterocycles. The molecule has 0 spiro atoms. The van der Waals surface area contributed by atoms with Gasteiger partial charge in [-0.15, -0.1) is 0 Å². The van der Waals surface area contributed by atoms with Crippen molar-refractivity contribution < 1.29 is 14.6 Å². The van der Waals surface area contributed by atoms with Crippen molar-refractivity contribution in [1.82, 2.24) is 0 Å². The summed E-state index contributed by atoms with van der Waals surface area (Å²) in [7, 11) is 0. The molecule has 2 rings (SSSR count). The Labute approximate surface area is 94.0 Å². The van der Waals surface area contributed by atoms with Gasteiger partial charge in [0.15, 0.2) is 0 Å². The molecule has 0 aliphatic heterocycles. The highest BCUT2D eigenvalue weighted by Crippen LogP contribution is 2.50. The van der Waals surface area contributed by atoms with Crippen LogP contribution in [0.25, 0.3) is 0 Å². The largest absolute Gasteiger partial charge is 0.508 e. The first-order valence-corrected chi connectivity index (χ1v) is 5.33. The number of esters is 1. The average molecular weight is 221 g/mol. The van der Waals surface area contributed by atoms with Crippen molar-refractivity contribution in [1.29, 1.82) is 0 Å². The highest BCUT2D eigenvalue weighted by atomic mass is 16.5. The average Bonchev–Trinajstić information content (AvgIpc) is 2.94. The second-order valence-corrected chi connectivity index (χ2v) is 4.11. The molecule has 0 bridgehead atoms. The molecule has 0 heterocycles. The number of hydrogen-bond donors (Lipinski definition) is 2. The highest BCUT2D eigenvalue weighted by molar-refractivity contribution is 5.86. The van der Waals surface area contributed by atoms with Crippen LogP contribution in [0.5, 0.6) is 5.75 Å². The third-order valence-electron chi connectivity index (χ3n) is 2.95. The van der Waals surface area contributed by atoms with Crippen molar-refractivity contribution in [3.8, 4) is 5.75 Å². The number of phenols is 1. The Morgan fingerprint density at radius 1 is 1.56 bits per heavy atom. The van der Waals surface area contributed by atoms with Gasteiger partial charge in [0.1, 0.15) is 11.3 Å². The van der Waals surface area contributed by atoms with Crippen LogP contribution in [-0.4, -0.2) is 23.2 Å². The quantitative estimate of drug-likeness (QED) is 0.751. The molecule has 4 heteroatoms. The van der Waals surface area contributed by atoms with Crippen molar-refractivity contribution in [2.45, 2.75) is 24.8 Å². The lowest BCUT2D eigenvalue weighted by Gasteiger charge is -2.10. The van der Waals surface area contributed by atoms with Crippen LogP contribution in [0.3, 0.4) is 0 Å². The van der Waals surface area contributed by atoms with Gasteiger partial charge < -0.3 is 15.6 Å². The van der Waals surface area contributed by atoms with Gasteiger partial charge in [-0.3, -0.25) is 4.79 Å². The SMILES string of the molecule is CCOC(=O)C1(N)CC1c1ccc(O)cc1. The second kappa shape index (κ2) is 3.79. The first-order valence-electron chi connectivity index (χ1n) is 5.33. The topological polar surface area (TPSA) is 72.5 Å². The maximum absolute atomic E-state index is 11.6. The first kappa shape index (κ1) is 11.0. The summed E-state index contributed by atoms with van der Waals surface area (Å²) in [5, 5.41) is 9.16. The molecular formula is C12H15NO3. The lowest BCUT2D eigenvalue weighted by atomic mass is 10.1. The zero-order valence-corrected chi connectivity index (χ0v) is 9.14. The molecule has 16 heavy (non-hydrogen) atoms. The number of benzene rings is 1. The summed E-state index contributed by atoms with van der Waals surface area (Å²) < 4.78 is 4.93. The fourth-order valence-corrected chi connectivity index (χ4v) is 1.89. The third-order valence-corrected chi connectivity index (χ3v) is 2.95. The van der Waals surface area contributed by atoms with Gasteiger partial charge in [-0.25, -0.2) is 0 Å². The van der Waals surface area contributed by atoms with E-state index in [-0.39, 0.29) is 17.6 Å². The van der Waals surface area contributed by atoms with Gasteiger partial charge in [-0.05, 0) is 31.0 Å². The van der Waals surface area contributed by atoms with E-state index < -0.39 is 5.54 Å². The first-order chi connectivity index (χ1) is 7.58. The van der Waals surface area contributed by atoms with Crippen LogP contribution in [0, 0.1) is 0 Å². The molecule has 1 fully saturated rings. The minimum atomic E-state index is -0.868. The Bertz CT molecular complexity index is 401. The standard InChI is InChI=1S/C12H15NO3/c1-2-16-11(15)12(13)7-10(12)8-3-5-9(14)6-4-8/h3-6,10,14H,2,7,13H2,1H3. The van der Waals surface area contributed by atoms with Crippen LogP contribution in [0.1, 0.15) is 24.8 Å². The van der Waals surface area contributed by atoms with Gasteiger partial charge >= 0.3 is 5.97 Å². The van der Waals surface area contributed by atoms with E-state index >= 15 is 0 Å². The molecule has 1 aromatic rings. The Kier molecular flexibility index (Phi) is 2.59. The number of rotatable bonds is 3. The van der Waals surface area contributed by atoms with E-state index in [1.807, 2.05) is 0 Å². The molecule has 86 valence electrons. The van der Waals surface area contributed by atoms with Crippen molar-refractivity contribution in [2.24, 2.45) is 5.73 Å². The van der Waals surface area contributed by atoms with Gasteiger partial charge in [0, 0.05) is 5.92 Å². The van der Waals surface area contributed by atoms with Crippen LogP contribution < -0.4 is 5.73 Å². The molecule has 2 atom stereocenters. The lowest BCUT2D eigenvalue weighted by molar-refractivity contribution is -0.145. The van der Waals surface area contributed by atoms with Crippen LogP contribution in [-0.2, 0) is 9.53 Å². The predicted molar refractivity (Wildman–Crippen MR) is 59.0 cm³/mol. The number of aromatic hydroxyl groups is 1. The summed E-state index contributed by atoms with van der Waals surface area (Å²) >= 11 is 0. The number of carbonyl (C=O) groups excluding carboxylic acids is 1. The number of carbonyl (C=O) groups is 1. The van der Waals surface area contributed by atoms with E-state index in [4.69, 9.17) is 15.6 Å². The van der Waals surface area contributed by atoms with E-state index in [1.54, 1.807) is 31.2 Å². The molecular weight excluding hydrogens is 206 g/mol. The van der Waals surface area contributed by atoms with E-state index in [1.165, 1.54) is 0 Å². The lowest BCUT2D eigenvalue weighted by Crippen LogP contribution is -2.36. The van der Waals surface area contributed by atoms with Gasteiger partial charge in [0.05, 0.1) is 6.61 Å². The van der Waals surface area contributed by atoms with Crippen LogP contribution >= 0.6 is 0 Å². The van der Waals surface area contributed by atoms with Crippen molar-refractivity contribution in [2.75, 3.05) is 6.61 Å². The number of hydrogen-bond acceptors (Lipinski definition) is 4. The Morgan fingerprint density at radius 3 is 2.75 bits per heavy atom. The van der Waals surface area contributed by atoms with Crippen LogP contribution in [0.2, 0.25) is 0 Å². The van der Waals surface area contributed by atoms with Crippen molar-refractivity contribution in [3.05, 3.63) is 29.8 Å². The minimum Gasteiger partial charge on any atom is -0.508 e. The zero-order valence-electron chi connectivity index (χ0n) is 9.14. The van der Waals surface area contributed by atoms with Gasteiger partial charge in [0.2, 0.25) is 0 Å². The minimum absolute atomic E-state index is 0.00662. The fourth-order valence-electron chi connectivity index (χ4n) is 1.89. The summed E-state index contributed by atoms with van der Waals surface area (Å²) in [6, 6.07) is 6.76. The maximum Gasteiger partial charge on any atom is 0.326 e. The maximum atomic E-state index is 11.6. The van der Waals surface area contributed by atoms with Gasteiger partial charge in [0.25, 0.3) is 0 Å². The number of nitrogens with two attached hydrogens (primary N) is 1. The van der Waals surface area contributed by atoms with Gasteiger partial charge in [-0.1, -0.05) is 12.1 Å². The Hall–Kier alpha value is -1.55. The number of phenolic OH excluding ortho intramolecular Hbond substituents is 1. The predicted octanol–water partition coefficient (Wildman–Crippen LogP) is 1.14. The second-order valence-electron chi connectivity index (χ2n) is 4.11. The van der Waals surface area contributed by atoms with Crippen LogP contribution in [0.4, 0.5) is 0 Å². The third kappa shape index (κ3) is 1.76. The van der Waals surface area contributed by atoms with Crippen LogP contribution in [0.15, 0.2) is 24.3 Å². The zero-order chi connectivity index (χ0) is 11.8. The molecule has 1 aliphatic carbocycles. The van der Waals surface area contributed by atoms with Crippen molar-refractivity contribution in [3.63, 3.8) is 0 Å². The summed E-state index contributed by atoms with van der Waals surface area (Å²) in [4.78, 5) is 11.6. The molecule has 1 aromatic carbocycles. The van der Waals surface area contributed by atoms with E-state index in [0.717, 1.165) is 5.56 Å². The molecule has 0 saturated heterocycles. The Morgan fingerprint density at radius 2 is 2.19 bits per heavy atom. The normalized spacial score (nSPS) is 27.5. The summed E-state index contributed by atoms with van der Waals surface area (Å²) in [6.45, 7) is 2.11. The summed E-state index contributed by atoms with van der Waals surface area (Å²) in [6.07, 6.45) is 0.608. The highest BCUT2D eigenvalue weighted by Gasteiger charge is 2.58. The summed E-state index contributed by atoms with van der Waals surface area (Å²) in [5.74, 6) is -0.122. The molecule has 0 radical (unpaired) electrons. The summed E-state index contributed by atoms with van der Waals surface area (Å²) in [5.41, 5.74) is 6.05.